The van der Waals surface area contributed by atoms with Gasteiger partial charge in [0.05, 0.1) is 49.7 Å². The van der Waals surface area contributed by atoms with E-state index in [9.17, 15) is 13.2 Å². The largest absolute Gasteiger partial charge is 0.479 e. The van der Waals surface area contributed by atoms with Crippen LogP contribution in [0.25, 0.3) is 27.7 Å². The van der Waals surface area contributed by atoms with E-state index >= 15 is 4.39 Å². The number of halogens is 4. The van der Waals surface area contributed by atoms with Crippen LogP contribution in [0.15, 0.2) is 24.4 Å². The molecule has 10 nitrogen and oxygen atoms in total. The van der Waals surface area contributed by atoms with Crippen molar-refractivity contribution in [2.45, 2.75) is 44.1 Å². The van der Waals surface area contributed by atoms with Crippen molar-refractivity contribution in [1.29, 1.82) is 0 Å². The number of aromatic nitrogens is 6. The molecule has 2 aliphatic heterocycles. The van der Waals surface area contributed by atoms with Gasteiger partial charge < -0.3 is 14.8 Å². The fraction of sp³-hybridized carbons (Fsp3) is 0.500. The van der Waals surface area contributed by atoms with Crippen molar-refractivity contribution in [3.63, 3.8) is 0 Å². The van der Waals surface area contributed by atoms with Crippen molar-refractivity contribution in [1.82, 2.24) is 34.5 Å². The molecule has 38 heavy (non-hydrogen) atoms. The Bertz CT molecular complexity index is 1480. The van der Waals surface area contributed by atoms with Crippen LogP contribution in [0, 0.1) is 5.82 Å². The fourth-order valence-corrected chi connectivity index (χ4v) is 5.02. The lowest BCUT2D eigenvalue weighted by atomic mass is 10.0. The molecule has 202 valence electrons. The van der Waals surface area contributed by atoms with E-state index in [1.54, 1.807) is 18.2 Å². The standard InChI is InChI=1S/C24H26F4N8O2/c1-24(27,28)12-36-19-7-13(3-4-18(19)31-33-36)20-16(26)9-35-21(20)22(37-2)30-23(32-35)29-17-5-6-34(8-15(17)25)14-10-38-11-14/h3-4,7,9,14-15,17H,5-6,8,10-12H2,1-2H3,(H,29,32)/t15-,17+/m1/s1. The van der Waals surface area contributed by atoms with E-state index in [0.29, 0.717) is 42.8 Å². The summed E-state index contributed by atoms with van der Waals surface area (Å²) in [6.45, 7) is 2.37. The zero-order valence-corrected chi connectivity index (χ0v) is 20.7. The highest BCUT2D eigenvalue weighted by atomic mass is 19.3. The zero-order valence-electron chi connectivity index (χ0n) is 20.7. The molecule has 0 amide bonds. The van der Waals surface area contributed by atoms with Crippen LogP contribution in [-0.4, -0.2) is 92.1 Å². The van der Waals surface area contributed by atoms with Crippen LogP contribution in [-0.2, 0) is 11.3 Å². The van der Waals surface area contributed by atoms with Crippen LogP contribution in [0.3, 0.4) is 0 Å². The molecule has 2 fully saturated rings. The number of nitrogens with one attached hydrogen (secondary N) is 1. The molecule has 0 radical (unpaired) electrons. The van der Waals surface area contributed by atoms with E-state index in [1.807, 2.05) is 0 Å². The molecule has 0 bridgehead atoms. The Labute approximate surface area is 214 Å². The van der Waals surface area contributed by atoms with Crippen molar-refractivity contribution in [3.05, 3.63) is 30.2 Å². The molecule has 2 atom stereocenters. The number of anilines is 1. The molecule has 0 aliphatic carbocycles. The van der Waals surface area contributed by atoms with Crippen molar-refractivity contribution in [3.8, 4) is 17.0 Å². The third-order valence-electron chi connectivity index (χ3n) is 7.00. The summed E-state index contributed by atoms with van der Waals surface area (Å²) in [4.78, 5) is 6.47. The summed E-state index contributed by atoms with van der Waals surface area (Å²) in [5.74, 6) is -3.45. The molecule has 5 heterocycles. The summed E-state index contributed by atoms with van der Waals surface area (Å²) in [6.07, 6.45) is 0.574. The Morgan fingerprint density at radius 1 is 1.26 bits per heavy atom. The van der Waals surface area contributed by atoms with E-state index in [4.69, 9.17) is 9.47 Å². The molecule has 6 rings (SSSR count). The average molecular weight is 535 g/mol. The molecule has 0 saturated carbocycles. The van der Waals surface area contributed by atoms with Crippen molar-refractivity contribution < 1.29 is 27.0 Å². The number of methoxy groups -OCH3 is 1. The first-order valence-electron chi connectivity index (χ1n) is 12.3. The normalized spacial score (nSPS) is 21.2. The molecule has 3 aromatic heterocycles. The van der Waals surface area contributed by atoms with E-state index in [0.717, 1.165) is 11.6 Å². The van der Waals surface area contributed by atoms with Gasteiger partial charge in [-0.25, -0.2) is 26.8 Å². The van der Waals surface area contributed by atoms with Gasteiger partial charge in [-0.1, -0.05) is 11.3 Å². The summed E-state index contributed by atoms with van der Waals surface area (Å²) >= 11 is 0. The molecular weight excluding hydrogens is 508 g/mol. The predicted octanol–water partition coefficient (Wildman–Crippen LogP) is 3.17. The van der Waals surface area contributed by atoms with Gasteiger partial charge in [0.1, 0.15) is 23.7 Å². The minimum Gasteiger partial charge on any atom is -0.479 e. The van der Waals surface area contributed by atoms with Crippen LogP contribution >= 0.6 is 0 Å². The second-order valence-electron chi connectivity index (χ2n) is 9.85. The second kappa shape index (κ2) is 9.34. The Morgan fingerprint density at radius 3 is 2.76 bits per heavy atom. The lowest BCUT2D eigenvalue weighted by Gasteiger charge is -2.42. The highest BCUT2D eigenvalue weighted by Crippen LogP contribution is 2.36. The number of alkyl halides is 3. The van der Waals surface area contributed by atoms with Crippen LogP contribution in [0.4, 0.5) is 23.5 Å². The van der Waals surface area contributed by atoms with Gasteiger partial charge in [0, 0.05) is 20.0 Å². The quantitative estimate of drug-likeness (QED) is 0.362. The molecule has 14 heteroatoms. The number of benzene rings is 1. The van der Waals surface area contributed by atoms with Crippen molar-refractivity contribution in [2.24, 2.45) is 0 Å². The summed E-state index contributed by atoms with van der Waals surface area (Å²) in [5, 5.41) is 15.1. The number of likely N-dealkylation sites (tertiary alicyclic amines) is 1. The first-order chi connectivity index (χ1) is 18.2. The first kappa shape index (κ1) is 24.8. The number of ether oxygens (including phenoxy) is 2. The van der Waals surface area contributed by atoms with Crippen LogP contribution in [0.2, 0.25) is 0 Å². The lowest BCUT2D eigenvalue weighted by Crippen LogP contribution is -2.57. The van der Waals surface area contributed by atoms with Gasteiger partial charge in [-0.15, -0.1) is 10.2 Å². The SMILES string of the molecule is COc1nc(N[C@H]2CCN(C3COC3)C[C@H]2F)nn2cc(F)c(-c3ccc4nnn(CC(C)(F)F)c4c3)c12. The van der Waals surface area contributed by atoms with Crippen LogP contribution < -0.4 is 10.1 Å². The van der Waals surface area contributed by atoms with Gasteiger partial charge in [0.2, 0.25) is 11.8 Å². The number of piperidine rings is 1. The minimum absolute atomic E-state index is 0.0766. The third-order valence-corrected chi connectivity index (χ3v) is 7.00. The molecule has 0 spiro atoms. The van der Waals surface area contributed by atoms with Gasteiger partial charge in [0.25, 0.3) is 5.92 Å². The first-order valence-corrected chi connectivity index (χ1v) is 12.3. The van der Waals surface area contributed by atoms with Gasteiger partial charge in [-0.2, -0.15) is 4.98 Å². The van der Waals surface area contributed by atoms with Crippen molar-refractivity contribution in [2.75, 3.05) is 38.7 Å². The Hall–Kier alpha value is -3.52. The second-order valence-corrected chi connectivity index (χ2v) is 9.85. The summed E-state index contributed by atoms with van der Waals surface area (Å²) < 4.78 is 70.6. The number of rotatable bonds is 7. The third kappa shape index (κ3) is 4.51. The van der Waals surface area contributed by atoms with Crippen LogP contribution in [0.1, 0.15) is 13.3 Å². The van der Waals surface area contributed by atoms with Gasteiger partial charge in [-0.3, -0.25) is 4.90 Å². The maximum atomic E-state index is 15.3. The van der Waals surface area contributed by atoms with E-state index < -0.39 is 30.5 Å². The molecular formula is C24H26F4N8O2. The maximum absolute atomic E-state index is 15.3. The lowest BCUT2D eigenvalue weighted by molar-refractivity contribution is -0.0794. The summed E-state index contributed by atoms with van der Waals surface area (Å²) in [5.41, 5.74) is 1.49. The van der Waals surface area contributed by atoms with Crippen LogP contribution in [0.5, 0.6) is 5.88 Å². The molecule has 2 aliphatic rings. The van der Waals surface area contributed by atoms with E-state index in [1.165, 1.54) is 17.8 Å². The average Bonchev–Trinajstić information content (AvgIpc) is 3.37. The molecule has 1 aromatic carbocycles. The topological polar surface area (TPSA) is 94.6 Å². The molecule has 4 aromatic rings. The van der Waals surface area contributed by atoms with Gasteiger partial charge in [0.15, 0.2) is 5.82 Å². The smallest absolute Gasteiger partial charge is 0.264 e. The number of nitrogens with zero attached hydrogens (tertiary/aromatic N) is 7. The monoisotopic (exact) mass is 534 g/mol. The number of hydrogen-bond acceptors (Lipinski definition) is 8. The fourth-order valence-electron chi connectivity index (χ4n) is 5.02. The Balaban J connectivity index is 1.32. The molecule has 0 unspecified atom stereocenters. The molecule has 1 N–H and O–H groups in total. The van der Waals surface area contributed by atoms with Gasteiger partial charge >= 0.3 is 0 Å². The van der Waals surface area contributed by atoms with Gasteiger partial charge in [-0.05, 0) is 24.1 Å². The van der Waals surface area contributed by atoms with E-state index in [-0.39, 0.29) is 35.5 Å². The Morgan fingerprint density at radius 2 is 2.08 bits per heavy atom. The Kier molecular flexibility index (Phi) is 6.10. The summed E-state index contributed by atoms with van der Waals surface area (Å²) in [7, 11) is 1.39. The predicted molar refractivity (Wildman–Crippen MR) is 130 cm³/mol. The van der Waals surface area contributed by atoms with E-state index in [2.05, 4.69) is 30.6 Å². The highest BCUT2D eigenvalue weighted by Gasteiger charge is 2.36. The zero-order chi connectivity index (χ0) is 26.6. The number of fused-ring (bicyclic) bond motifs is 2. The van der Waals surface area contributed by atoms with Crippen molar-refractivity contribution >= 4 is 22.5 Å². The maximum Gasteiger partial charge on any atom is 0.264 e. The molecule has 2 saturated heterocycles. The highest BCUT2D eigenvalue weighted by molar-refractivity contribution is 5.89. The summed E-state index contributed by atoms with van der Waals surface area (Å²) in [6, 6.07) is 4.48. The minimum atomic E-state index is -3.01. The number of hydrogen-bond donors (Lipinski definition) is 1.